The smallest absolute Gasteiger partial charge is 0.338 e. The number of rotatable bonds is 5. The van der Waals surface area contributed by atoms with Crippen LogP contribution in [-0.2, 0) is 12.8 Å². The summed E-state index contributed by atoms with van der Waals surface area (Å²) in [4.78, 5) is 12.6. The van der Waals surface area contributed by atoms with Crippen LogP contribution in [0.15, 0.2) is 38.7 Å². The first-order chi connectivity index (χ1) is 10.1. The van der Waals surface area contributed by atoms with Crippen LogP contribution < -0.4 is 0 Å². The second-order valence-electron chi connectivity index (χ2n) is 4.38. The first kappa shape index (κ1) is 16.0. The largest absolute Gasteiger partial charge is 0.478 e. The van der Waals surface area contributed by atoms with Crippen molar-refractivity contribution >= 4 is 33.7 Å². The predicted molar refractivity (Wildman–Crippen MR) is 86.0 cm³/mol. The van der Waals surface area contributed by atoms with Gasteiger partial charge >= 0.3 is 5.97 Å². The molecule has 1 heterocycles. The van der Waals surface area contributed by atoms with Crippen molar-refractivity contribution < 1.29 is 9.90 Å². The van der Waals surface area contributed by atoms with E-state index in [1.54, 1.807) is 0 Å². The standard InChI is InChI=1S/C15H15BrN2O2S/c1-3-11-12(4-2)17-18-14(13(11)15(19)20)21-10-7-5-6-9(16)8-10/h5-8H,3-4H2,1-2H3,(H,19,20). The molecule has 0 atom stereocenters. The maximum Gasteiger partial charge on any atom is 0.338 e. The topological polar surface area (TPSA) is 63.1 Å². The number of aromatic carboxylic acids is 1. The Labute approximate surface area is 136 Å². The summed E-state index contributed by atoms with van der Waals surface area (Å²) in [6.07, 6.45) is 1.31. The van der Waals surface area contributed by atoms with Gasteiger partial charge in [0.25, 0.3) is 0 Å². The third-order valence-corrected chi connectivity index (χ3v) is 4.50. The summed E-state index contributed by atoms with van der Waals surface area (Å²) in [5.74, 6) is -0.950. The van der Waals surface area contributed by atoms with Gasteiger partial charge in [-0.15, -0.1) is 5.10 Å². The highest BCUT2D eigenvalue weighted by molar-refractivity contribution is 9.10. The molecule has 0 saturated heterocycles. The van der Waals surface area contributed by atoms with E-state index in [1.807, 2.05) is 38.1 Å². The van der Waals surface area contributed by atoms with E-state index in [0.29, 0.717) is 17.9 Å². The number of carbonyl (C=O) groups is 1. The van der Waals surface area contributed by atoms with Crippen molar-refractivity contribution in [2.75, 3.05) is 0 Å². The summed E-state index contributed by atoms with van der Waals surface area (Å²) in [6, 6.07) is 7.67. The number of benzene rings is 1. The minimum atomic E-state index is -0.950. The third-order valence-electron chi connectivity index (χ3n) is 3.04. The number of hydrogen-bond donors (Lipinski definition) is 1. The van der Waals surface area contributed by atoms with Crippen molar-refractivity contribution in [3.05, 3.63) is 45.6 Å². The van der Waals surface area contributed by atoms with Gasteiger partial charge in [0.2, 0.25) is 0 Å². The lowest BCUT2D eigenvalue weighted by Gasteiger charge is -2.12. The number of halogens is 1. The van der Waals surface area contributed by atoms with Crippen molar-refractivity contribution in [1.29, 1.82) is 0 Å². The molecule has 4 nitrogen and oxygen atoms in total. The van der Waals surface area contributed by atoms with Crippen LogP contribution in [0.25, 0.3) is 0 Å². The molecule has 2 aromatic rings. The molecule has 0 aliphatic rings. The maximum absolute atomic E-state index is 11.6. The fourth-order valence-corrected chi connectivity index (χ4v) is 3.59. The molecule has 0 aliphatic heterocycles. The molecule has 0 unspecified atom stereocenters. The summed E-state index contributed by atoms with van der Waals surface area (Å²) in [6.45, 7) is 3.89. The van der Waals surface area contributed by atoms with Crippen molar-refractivity contribution in [3.63, 3.8) is 0 Å². The average molecular weight is 367 g/mol. The lowest BCUT2D eigenvalue weighted by molar-refractivity contribution is 0.0690. The molecule has 1 aromatic heterocycles. The molecule has 21 heavy (non-hydrogen) atoms. The molecule has 2 rings (SSSR count). The van der Waals surface area contributed by atoms with Gasteiger partial charge in [0.1, 0.15) is 5.03 Å². The van der Waals surface area contributed by atoms with Gasteiger partial charge in [-0.1, -0.05) is 47.6 Å². The van der Waals surface area contributed by atoms with Gasteiger partial charge < -0.3 is 5.11 Å². The second kappa shape index (κ2) is 7.04. The first-order valence-electron chi connectivity index (χ1n) is 6.61. The minimum Gasteiger partial charge on any atom is -0.478 e. The molecule has 0 aliphatic carbocycles. The number of aryl methyl sites for hydroxylation is 1. The molecule has 0 radical (unpaired) electrons. The van der Waals surface area contributed by atoms with Crippen LogP contribution in [0, 0.1) is 0 Å². The van der Waals surface area contributed by atoms with E-state index in [-0.39, 0.29) is 5.56 Å². The monoisotopic (exact) mass is 366 g/mol. The second-order valence-corrected chi connectivity index (χ2v) is 6.35. The zero-order valence-corrected chi connectivity index (χ0v) is 14.2. The summed E-state index contributed by atoms with van der Waals surface area (Å²) in [5.41, 5.74) is 1.81. The minimum absolute atomic E-state index is 0.273. The lowest BCUT2D eigenvalue weighted by atomic mass is 10.0. The van der Waals surface area contributed by atoms with Crippen molar-refractivity contribution in [2.45, 2.75) is 36.6 Å². The van der Waals surface area contributed by atoms with Crippen molar-refractivity contribution in [2.24, 2.45) is 0 Å². The Hall–Kier alpha value is -1.40. The molecule has 0 bridgehead atoms. The molecule has 1 N–H and O–H groups in total. The Morgan fingerprint density at radius 2 is 2.05 bits per heavy atom. The molecular weight excluding hydrogens is 352 g/mol. The quantitative estimate of drug-likeness (QED) is 0.858. The van der Waals surface area contributed by atoms with Crippen LogP contribution in [0.4, 0.5) is 0 Å². The Bertz CT molecular complexity index is 677. The third kappa shape index (κ3) is 3.63. The van der Waals surface area contributed by atoms with Gasteiger partial charge in [0.05, 0.1) is 11.3 Å². The van der Waals surface area contributed by atoms with Crippen molar-refractivity contribution in [1.82, 2.24) is 10.2 Å². The normalized spacial score (nSPS) is 10.6. The fourth-order valence-electron chi connectivity index (χ4n) is 2.09. The van der Waals surface area contributed by atoms with E-state index in [9.17, 15) is 9.90 Å². The molecule has 0 spiro atoms. The molecular formula is C15H15BrN2O2S. The van der Waals surface area contributed by atoms with Crippen LogP contribution in [0.1, 0.15) is 35.5 Å². The van der Waals surface area contributed by atoms with Gasteiger partial charge in [0, 0.05) is 9.37 Å². The Morgan fingerprint density at radius 3 is 2.62 bits per heavy atom. The summed E-state index contributed by atoms with van der Waals surface area (Å²) >= 11 is 4.73. The van der Waals surface area contributed by atoms with Crippen LogP contribution in [0.3, 0.4) is 0 Å². The molecule has 110 valence electrons. The molecule has 6 heteroatoms. The van der Waals surface area contributed by atoms with E-state index in [4.69, 9.17) is 0 Å². The number of carboxylic acid groups (broad SMARTS) is 1. The zero-order valence-electron chi connectivity index (χ0n) is 11.8. The first-order valence-corrected chi connectivity index (χ1v) is 8.22. The highest BCUT2D eigenvalue weighted by Gasteiger charge is 2.21. The van der Waals surface area contributed by atoms with E-state index in [0.717, 1.165) is 20.6 Å². The van der Waals surface area contributed by atoms with E-state index >= 15 is 0 Å². The lowest BCUT2D eigenvalue weighted by Crippen LogP contribution is -2.11. The van der Waals surface area contributed by atoms with Gasteiger partial charge in [-0.3, -0.25) is 0 Å². The summed E-state index contributed by atoms with van der Waals surface area (Å²) < 4.78 is 0.943. The average Bonchev–Trinajstić information content (AvgIpc) is 2.46. The zero-order chi connectivity index (χ0) is 15.4. The van der Waals surface area contributed by atoms with E-state index in [1.165, 1.54) is 11.8 Å². The van der Waals surface area contributed by atoms with Crippen LogP contribution >= 0.6 is 27.7 Å². The Kier molecular flexibility index (Phi) is 5.36. The Morgan fingerprint density at radius 1 is 1.29 bits per heavy atom. The predicted octanol–water partition coefficient (Wildman–Crippen LogP) is 4.21. The molecule has 0 fully saturated rings. The van der Waals surface area contributed by atoms with Gasteiger partial charge in [0.15, 0.2) is 0 Å². The van der Waals surface area contributed by atoms with Crippen LogP contribution in [0.2, 0.25) is 0 Å². The number of aromatic nitrogens is 2. The number of hydrogen-bond acceptors (Lipinski definition) is 4. The Balaban J connectivity index is 2.50. The summed E-state index contributed by atoms with van der Waals surface area (Å²) in [7, 11) is 0. The highest BCUT2D eigenvalue weighted by atomic mass is 79.9. The van der Waals surface area contributed by atoms with Crippen LogP contribution in [0.5, 0.6) is 0 Å². The van der Waals surface area contributed by atoms with Gasteiger partial charge in [-0.05, 0) is 36.6 Å². The maximum atomic E-state index is 11.6. The van der Waals surface area contributed by atoms with E-state index < -0.39 is 5.97 Å². The van der Waals surface area contributed by atoms with Gasteiger partial charge in [-0.2, -0.15) is 5.10 Å². The number of carboxylic acids is 1. The van der Waals surface area contributed by atoms with Crippen LogP contribution in [-0.4, -0.2) is 21.3 Å². The molecule has 0 amide bonds. The SMILES string of the molecule is CCc1nnc(Sc2cccc(Br)c2)c(C(=O)O)c1CC. The number of nitrogens with zero attached hydrogens (tertiary/aromatic N) is 2. The highest BCUT2D eigenvalue weighted by Crippen LogP contribution is 2.32. The van der Waals surface area contributed by atoms with Crippen molar-refractivity contribution in [3.8, 4) is 0 Å². The fraction of sp³-hybridized carbons (Fsp3) is 0.267. The molecule has 1 aromatic carbocycles. The van der Waals surface area contributed by atoms with E-state index in [2.05, 4.69) is 26.1 Å². The van der Waals surface area contributed by atoms with Gasteiger partial charge in [-0.25, -0.2) is 4.79 Å². The molecule has 0 saturated carbocycles. The summed E-state index contributed by atoms with van der Waals surface area (Å²) in [5, 5.41) is 18.3.